The highest BCUT2D eigenvalue weighted by atomic mass is 16.5. The summed E-state index contributed by atoms with van der Waals surface area (Å²) >= 11 is 0. The summed E-state index contributed by atoms with van der Waals surface area (Å²) in [4.78, 5) is 145. The molecular weight excluding hydrogens is 1250 g/mol. The van der Waals surface area contributed by atoms with Gasteiger partial charge in [0.05, 0.1) is 52.2 Å². The third-order valence-corrected chi connectivity index (χ3v) is 16.6. The van der Waals surface area contributed by atoms with E-state index in [1.54, 1.807) is 0 Å². The molecule has 0 rings (SSSR count). The average molecular weight is 1380 g/mol. The Balaban J connectivity index is 4.30. The minimum atomic E-state index is -0.836. The molecular formula is C72H131N9O16. The van der Waals surface area contributed by atoms with Crippen molar-refractivity contribution in [2.45, 2.75) is 289 Å². The molecule has 0 aromatic carbocycles. The summed E-state index contributed by atoms with van der Waals surface area (Å²) in [5, 5.41) is 19.7. The number of carbonyl (C=O) groups is 12. The van der Waals surface area contributed by atoms with Gasteiger partial charge in [0.15, 0.2) is 0 Å². The number of carbonyl (C=O) groups excluding carboxylic acids is 12. The number of primary amides is 2. The summed E-state index contributed by atoms with van der Waals surface area (Å²) in [5.41, 5.74) is 10.9. The first-order valence-corrected chi connectivity index (χ1v) is 37.2. The van der Waals surface area contributed by atoms with Crippen molar-refractivity contribution < 1.29 is 76.5 Å². The Labute approximate surface area is 581 Å². The second kappa shape index (κ2) is 67.4. The van der Waals surface area contributed by atoms with E-state index in [1.165, 1.54) is 129 Å². The van der Waals surface area contributed by atoms with Crippen LogP contribution in [-0.2, 0) is 76.5 Å². The smallest absolute Gasteiger partial charge is 0.246 e. The molecule has 3 atom stereocenters. The van der Waals surface area contributed by atoms with Gasteiger partial charge in [0.2, 0.25) is 47.3 Å². The van der Waals surface area contributed by atoms with E-state index in [0.717, 1.165) is 25.5 Å². The van der Waals surface area contributed by atoms with E-state index in [9.17, 15) is 57.5 Å². The maximum atomic E-state index is 13.4. The fourth-order valence-electron chi connectivity index (χ4n) is 10.8. The number of rotatable bonds is 74. The number of amides is 8. The number of nitrogens with one attached hydrogen (secondary N) is 7. The minimum absolute atomic E-state index is 0.0111. The lowest BCUT2D eigenvalue weighted by Gasteiger charge is -2.19. The Morgan fingerprint density at radius 2 is 0.732 bits per heavy atom. The van der Waals surface area contributed by atoms with Gasteiger partial charge in [-0.3, -0.25) is 53.3 Å². The van der Waals surface area contributed by atoms with Crippen LogP contribution in [0.15, 0.2) is 0 Å². The lowest BCUT2D eigenvalue weighted by Crippen LogP contribution is -2.47. The standard InChI is InChI=1S/C72H131N9O16/c1-59(83)42-43-61(70(73)91)34-26-29-46-79-72(93)64(38-25-23-24-35-62(85)36-32-39-65(86)75-44-28-21-19-17-15-13-11-9-7-5-3-4-6-8-10-12-14-16-18-20-22-31-49-82)81-67(88)41-33-40-66(87)77-47-50-94-52-55-97-58-69(90)78-48-51-95-53-54-96-57-68(89)76-45-30-27-37-63(71(74)92)80-56-60(2)84/h49,61,63-64,80H,3-48,50-58H2,1-2H3,(H2,73,91)(H2,74,92)(H,75,86)(H,76,89)(H,77,87)(H,78,90)(H,79,93)(H,81,88). The van der Waals surface area contributed by atoms with Gasteiger partial charge in [-0.1, -0.05) is 141 Å². The fraction of sp³-hybridized carbons (Fsp3) is 0.833. The molecule has 0 fully saturated rings. The average Bonchev–Trinajstić information content (AvgIpc) is 2.99. The third-order valence-electron chi connectivity index (χ3n) is 16.6. The van der Waals surface area contributed by atoms with Gasteiger partial charge in [0, 0.05) is 83.6 Å². The lowest BCUT2D eigenvalue weighted by molar-refractivity contribution is -0.129. The maximum absolute atomic E-state index is 13.4. The van der Waals surface area contributed by atoms with Crippen molar-refractivity contribution in [3.8, 4) is 0 Å². The molecule has 11 N–H and O–H groups in total. The monoisotopic (exact) mass is 1380 g/mol. The van der Waals surface area contributed by atoms with Crippen molar-refractivity contribution in [1.29, 1.82) is 0 Å². The molecule has 0 saturated heterocycles. The van der Waals surface area contributed by atoms with Crippen LogP contribution in [0.4, 0.5) is 0 Å². The van der Waals surface area contributed by atoms with Gasteiger partial charge in [-0.25, -0.2) is 0 Å². The summed E-state index contributed by atoms with van der Waals surface area (Å²) < 4.78 is 21.5. The van der Waals surface area contributed by atoms with Crippen molar-refractivity contribution in [1.82, 2.24) is 37.2 Å². The van der Waals surface area contributed by atoms with Crippen molar-refractivity contribution >= 4 is 70.9 Å². The number of unbranched alkanes of at least 4 members (excludes halogenated alkanes) is 25. The van der Waals surface area contributed by atoms with E-state index < -0.39 is 29.8 Å². The van der Waals surface area contributed by atoms with Gasteiger partial charge in [-0.05, 0) is 90.9 Å². The largest absolute Gasteiger partial charge is 0.377 e. The molecule has 3 unspecified atom stereocenters. The highest BCUT2D eigenvalue weighted by Gasteiger charge is 2.22. The molecule has 0 radical (unpaired) electrons. The van der Waals surface area contributed by atoms with E-state index in [1.807, 2.05) is 0 Å². The van der Waals surface area contributed by atoms with Crippen LogP contribution < -0.4 is 48.7 Å². The summed E-state index contributed by atoms with van der Waals surface area (Å²) in [5.74, 6) is -3.12. The fourth-order valence-corrected chi connectivity index (χ4v) is 10.8. The van der Waals surface area contributed by atoms with Crippen molar-refractivity contribution in [3.05, 3.63) is 0 Å². The van der Waals surface area contributed by atoms with Crippen molar-refractivity contribution in [3.63, 3.8) is 0 Å². The first-order valence-electron chi connectivity index (χ1n) is 37.2. The predicted molar refractivity (Wildman–Crippen MR) is 376 cm³/mol. The maximum Gasteiger partial charge on any atom is 0.246 e. The number of ether oxygens (including phenoxy) is 4. The molecule has 0 saturated carbocycles. The van der Waals surface area contributed by atoms with Crippen LogP contribution in [0.1, 0.15) is 277 Å². The summed E-state index contributed by atoms with van der Waals surface area (Å²) in [6, 6.07) is -1.44. The Bertz CT molecular complexity index is 2120. The summed E-state index contributed by atoms with van der Waals surface area (Å²) in [6.45, 7) is 5.59. The summed E-state index contributed by atoms with van der Waals surface area (Å²) in [6.07, 6.45) is 36.6. The lowest BCUT2D eigenvalue weighted by atomic mass is 9.95. The Morgan fingerprint density at radius 1 is 0.340 bits per heavy atom. The second-order valence-electron chi connectivity index (χ2n) is 25.7. The quantitative estimate of drug-likeness (QED) is 0.0209. The number of hydrogen-bond donors (Lipinski definition) is 9. The van der Waals surface area contributed by atoms with E-state index in [-0.39, 0.29) is 151 Å². The molecule has 0 spiro atoms. The topological polar surface area (TPSA) is 378 Å². The van der Waals surface area contributed by atoms with E-state index in [0.29, 0.717) is 122 Å². The van der Waals surface area contributed by atoms with Crippen LogP contribution in [0.2, 0.25) is 0 Å². The molecule has 0 aromatic heterocycles. The molecule has 25 heteroatoms. The number of Topliss-reactive ketones (excluding diaryl/α,β-unsaturated/α-hetero) is 3. The Hall–Kier alpha value is -5.76. The molecule has 560 valence electrons. The molecule has 0 bridgehead atoms. The number of aldehydes is 1. The van der Waals surface area contributed by atoms with Gasteiger partial charge in [-0.2, -0.15) is 0 Å². The van der Waals surface area contributed by atoms with Gasteiger partial charge < -0.3 is 71.9 Å². The third kappa shape index (κ3) is 64.7. The first kappa shape index (κ1) is 91.2. The summed E-state index contributed by atoms with van der Waals surface area (Å²) in [7, 11) is 0. The SMILES string of the molecule is CC(=O)CCC(CCCCNC(=O)C(CCCCCC(=O)CCCC(=O)NCCCCCCCCCCCCCCCCCCCCCCCC=O)NC(=O)CCCC(=O)NCCOCCOCC(=O)NCCOCCOCC(=O)NCCCCC(NCC(C)=O)C(N)=O)C(N)=O. The molecule has 0 heterocycles. The normalized spacial score (nSPS) is 12.1. The zero-order chi connectivity index (χ0) is 71.5. The second-order valence-corrected chi connectivity index (χ2v) is 25.7. The molecule has 8 amide bonds. The first-order chi connectivity index (χ1) is 46.9. The van der Waals surface area contributed by atoms with Crippen LogP contribution in [0.3, 0.4) is 0 Å². The van der Waals surface area contributed by atoms with Crippen LogP contribution in [-0.4, -0.2) is 175 Å². The van der Waals surface area contributed by atoms with E-state index >= 15 is 0 Å². The van der Waals surface area contributed by atoms with Gasteiger partial charge in [0.25, 0.3) is 0 Å². The van der Waals surface area contributed by atoms with Crippen LogP contribution in [0.5, 0.6) is 0 Å². The van der Waals surface area contributed by atoms with E-state index in [4.69, 9.17) is 30.4 Å². The highest BCUT2D eigenvalue weighted by molar-refractivity contribution is 5.88. The molecule has 0 aromatic rings. The number of hydrogen-bond acceptors (Lipinski definition) is 17. The molecule has 0 aliphatic heterocycles. The van der Waals surface area contributed by atoms with Crippen molar-refractivity contribution in [2.24, 2.45) is 17.4 Å². The number of ketones is 3. The molecule has 97 heavy (non-hydrogen) atoms. The van der Waals surface area contributed by atoms with Gasteiger partial charge >= 0.3 is 0 Å². The van der Waals surface area contributed by atoms with Crippen LogP contribution in [0.25, 0.3) is 0 Å². The Kier molecular flexibility index (Phi) is 63.4. The highest BCUT2D eigenvalue weighted by Crippen LogP contribution is 2.18. The van der Waals surface area contributed by atoms with Gasteiger partial charge in [-0.15, -0.1) is 0 Å². The van der Waals surface area contributed by atoms with Crippen LogP contribution in [0, 0.1) is 5.92 Å². The van der Waals surface area contributed by atoms with Crippen molar-refractivity contribution in [2.75, 3.05) is 92.1 Å². The minimum Gasteiger partial charge on any atom is -0.377 e. The molecule has 0 aliphatic rings. The van der Waals surface area contributed by atoms with Gasteiger partial charge in [0.1, 0.15) is 42.9 Å². The van der Waals surface area contributed by atoms with Crippen LogP contribution >= 0.6 is 0 Å². The zero-order valence-corrected chi connectivity index (χ0v) is 59.9. The molecule has 0 aliphatic carbocycles. The molecule has 25 nitrogen and oxygen atoms in total. The Morgan fingerprint density at radius 3 is 1.23 bits per heavy atom. The van der Waals surface area contributed by atoms with E-state index in [2.05, 4.69) is 37.2 Å². The number of nitrogens with two attached hydrogens (primary N) is 2. The predicted octanol–water partition coefficient (Wildman–Crippen LogP) is 7.60. The zero-order valence-electron chi connectivity index (χ0n) is 59.9.